The van der Waals surface area contributed by atoms with Crippen molar-refractivity contribution in [2.75, 3.05) is 7.11 Å². The van der Waals surface area contributed by atoms with Crippen molar-refractivity contribution < 1.29 is 14.6 Å². The van der Waals surface area contributed by atoms with Gasteiger partial charge in [0, 0.05) is 12.1 Å². The molecule has 2 rings (SSSR count). The highest BCUT2D eigenvalue weighted by Gasteiger charge is 2.39. The van der Waals surface area contributed by atoms with Gasteiger partial charge in [0.2, 0.25) is 0 Å². The first-order valence-electron chi connectivity index (χ1n) is 6.09. The number of nitrogens with one attached hydrogen (secondary N) is 1. The highest BCUT2D eigenvalue weighted by molar-refractivity contribution is 6.29. The molecule has 1 aromatic rings. The zero-order chi connectivity index (χ0) is 14.2. The third-order valence-corrected chi connectivity index (χ3v) is 3.88. The number of halogens is 1. The van der Waals surface area contributed by atoms with Crippen LogP contribution in [0.3, 0.4) is 0 Å². The Hall–Kier alpha value is -1.49. The van der Waals surface area contributed by atoms with Crippen LogP contribution in [0.4, 0.5) is 0 Å². The third-order valence-electron chi connectivity index (χ3n) is 3.69. The van der Waals surface area contributed by atoms with E-state index in [1.165, 1.54) is 13.2 Å². The van der Waals surface area contributed by atoms with Gasteiger partial charge in [-0.1, -0.05) is 25.4 Å². The number of carbonyl (C=O) groups is 1. The second-order valence-corrected chi connectivity index (χ2v) is 5.79. The number of ether oxygens (including phenoxy) is 1. The van der Waals surface area contributed by atoms with E-state index in [2.05, 4.69) is 24.1 Å². The average Bonchev–Trinajstić information content (AvgIpc) is 2.36. The van der Waals surface area contributed by atoms with Crippen molar-refractivity contribution >= 4 is 17.5 Å². The molecule has 0 spiro atoms. The SMILES string of the molecule is COc1cc(Cl)nc(C(=O)NC2CCC2(C)C)c1O. The van der Waals surface area contributed by atoms with E-state index in [4.69, 9.17) is 16.3 Å². The maximum absolute atomic E-state index is 12.1. The van der Waals surface area contributed by atoms with Gasteiger partial charge >= 0.3 is 0 Å². The van der Waals surface area contributed by atoms with E-state index in [1.807, 2.05) is 0 Å². The lowest BCUT2D eigenvalue weighted by Gasteiger charge is -2.44. The van der Waals surface area contributed by atoms with Crippen molar-refractivity contribution in [2.24, 2.45) is 5.41 Å². The molecule has 1 heterocycles. The largest absolute Gasteiger partial charge is 0.503 e. The molecule has 1 saturated carbocycles. The van der Waals surface area contributed by atoms with E-state index in [1.54, 1.807) is 0 Å². The molecular weight excluding hydrogens is 268 g/mol. The number of rotatable bonds is 3. The first-order chi connectivity index (χ1) is 8.85. The molecule has 0 saturated heterocycles. The summed E-state index contributed by atoms with van der Waals surface area (Å²) in [6.45, 7) is 4.18. The van der Waals surface area contributed by atoms with E-state index in [-0.39, 0.29) is 33.8 Å². The topological polar surface area (TPSA) is 71.5 Å². The average molecular weight is 285 g/mol. The summed E-state index contributed by atoms with van der Waals surface area (Å²) < 4.78 is 4.95. The molecule has 1 unspecified atom stereocenters. The summed E-state index contributed by atoms with van der Waals surface area (Å²) in [4.78, 5) is 16.0. The summed E-state index contributed by atoms with van der Waals surface area (Å²) in [5, 5.41) is 12.9. The standard InChI is InChI=1S/C13H17ClN2O3/c1-13(2)5-4-8(13)15-12(18)10-11(17)7(19-3)6-9(14)16-10/h6,8,17H,4-5H2,1-3H3,(H,15,18). The minimum atomic E-state index is -0.434. The zero-order valence-electron chi connectivity index (χ0n) is 11.2. The minimum Gasteiger partial charge on any atom is -0.503 e. The molecule has 1 atom stereocenters. The Labute approximate surface area is 116 Å². The van der Waals surface area contributed by atoms with Crippen molar-refractivity contribution in [3.8, 4) is 11.5 Å². The number of aromatic nitrogens is 1. The van der Waals surface area contributed by atoms with E-state index in [9.17, 15) is 9.90 Å². The fourth-order valence-electron chi connectivity index (χ4n) is 2.16. The summed E-state index contributed by atoms with van der Waals surface area (Å²) in [5.41, 5.74) is -0.0273. The van der Waals surface area contributed by atoms with Gasteiger partial charge in [0.1, 0.15) is 5.15 Å². The van der Waals surface area contributed by atoms with Crippen LogP contribution in [-0.2, 0) is 0 Å². The first-order valence-corrected chi connectivity index (χ1v) is 6.47. The Morgan fingerprint density at radius 3 is 2.79 bits per heavy atom. The molecule has 19 heavy (non-hydrogen) atoms. The second-order valence-electron chi connectivity index (χ2n) is 5.40. The second kappa shape index (κ2) is 4.89. The van der Waals surface area contributed by atoms with Crippen LogP contribution in [0.25, 0.3) is 0 Å². The number of hydrogen-bond acceptors (Lipinski definition) is 4. The molecule has 1 aliphatic rings. The van der Waals surface area contributed by atoms with Crippen molar-refractivity contribution in [3.05, 3.63) is 16.9 Å². The van der Waals surface area contributed by atoms with Gasteiger partial charge in [0.05, 0.1) is 7.11 Å². The number of methoxy groups -OCH3 is 1. The van der Waals surface area contributed by atoms with Crippen LogP contribution < -0.4 is 10.1 Å². The lowest BCUT2D eigenvalue weighted by atomic mass is 9.67. The van der Waals surface area contributed by atoms with Gasteiger partial charge in [0.25, 0.3) is 5.91 Å². The van der Waals surface area contributed by atoms with Gasteiger partial charge in [-0.3, -0.25) is 4.79 Å². The monoisotopic (exact) mass is 284 g/mol. The maximum atomic E-state index is 12.1. The van der Waals surface area contributed by atoms with Crippen LogP contribution >= 0.6 is 11.6 Å². The Balaban J connectivity index is 2.22. The Morgan fingerprint density at radius 1 is 1.63 bits per heavy atom. The summed E-state index contributed by atoms with van der Waals surface area (Å²) in [5.74, 6) is -0.587. The Kier molecular flexibility index (Phi) is 3.58. The summed E-state index contributed by atoms with van der Waals surface area (Å²) in [6, 6.07) is 1.45. The van der Waals surface area contributed by atoms with Gasteiger partial charge in [-0.15, -0.1) is 0 Å². The van der Waals surface area contributed by atoms with E-state index in [0.717, 1.165) is 12.8 Å². The fraction of sp³-hybridized carbons (Fsp3) is 0.538. The van der Waals surface area contributed by atoms with Gasteiger partial charge in [-0.2, -0.15) is 0 Å². The lowest BCUT2D eigenvalue weighted by Crippen LogP contribution is -2.52. The molecule has 1 amide bonds. The summed E-state index contributed by atoms with van der Waals surface area (Å²) >= 11 is 5.80. The zero-order valence-corrected chi connectivity index (χ0v) is 11.9. The summed E-state index contributed by atoms with van der Waals surface area (Å²) in [6.07, 6.45) is 1.99. The molecule has 5 nitrogen and oxygen atoms in total. The van der Waals surface area contributed by atoms with Crippen LogP contribution in [0.2, 0.25) is 5.15 Å². The highest BCUT2D eigenvalue weighted by atomic mass is 35.5. The van der Waals surface area contributed by atoms with Crippen LogP contribution in [0.15, 0.2) is 6.07 Å². The van der Waals surface area contributed by atoms with Crippen molar-refractivity contribution in [1.29, 1.82) is 0 Å². The van der Waals surface area contributed by atoms with Crippen LogP contribution in [0, 0.1) is 5.41 Å². The van der Waals surface area contributed by atoms with Crippen LogP contribution in [0.1, 0.15) is 37.2 Å². The summed E-state index contributed by atoms with van der Waals surface area (Å²) in [7, 11) is 1.39. The van der Waals surface area contributed by atoms with E-state index >= 15 is 0 Å². The first kappa shape index (κ1) is 13.9. The molecule has 0 aromatic carbocycles. The molecule has 6 heteroatoms. The number of amides is 1. The number of pyridine rings is 1. The van der Waals surface area contributed by atoms with Crippen molar-refractivity contribution in [3.63, 3.8) is 0 Å². The molecule has 1 aliphatic carbocycles. The molecule has 0 bridgehead atoms. The van der Waals surface area contributed by atoms with Gasteiger partial charge < -0.3 is 15.2 Å². The predicted octanol–water partition coefficient (Wildman–Crippen LogP) is 2.37. The highest BCUT2D eigenvalue weighted by Crippen LogP contribution is 2.40. The Morgan fingerprint density at radius 2 is 2.32 bits per heavy atom. The quantitative estimate of drug-likeness (QED) is 0.836. The van der Waals surface area contributed by atoms with Crippen LogP contribution in [0.5, 0.6) is 11.5 Å². The van der Waals surface area contributed by atoms with Crippen molar-refractivity contribution in [1.82, 2.24) is 10.3 Å². The molecule has 104 valence electrons. The number of carbonyl (C=O) groups excluding carboxylic acids is 1. The fourth-order valence-corrected chi connectivity index (χ4v) is 2.34. The molecular formula is C13H17ClN2O3. The minimum absolute atomic E-state index is 0.0773. The molecule has 0 radical (unpaired) electrons. The number of hydrogen-bond donors (Lipinski definition) is 2. The van der Waals surface area contributed by atoms with E-state index in [0.29, 0.717) is 0 Å². The van der Waals surface area contributed by atoms with Crippen molar-refractivity contribution in [2.45, 2.75) is 32.7 Å². The van der Waals surface area contributed by atoms with Gasteiger partial charge in [-0.05, 0) is 18.3 Å². The maximum Gasteiger partial charge on any atom is 0.274 e. The molecule has 2 N–H and O–H groups in total. The lowest BCUT2D eigenvalue weighted by molar-refractivity contribution is 0.0724. The number of aromatic hydroxyl groups is 1. The predicted molar refractivity (Wildman–Crippen MR) is 71.7 cm³/mol. The number of nitrogens with zero attached hydrogens (tertiary/aromatic N) is 1. The third kappa shape index (κ3) is 2.61. The molecule has 0 aliphatic heterocycles. The molecule has 1 fully saturated rings. The normalized spacial score (nSPS) is 20.5. The van der Waals surface area contributed by atoms with Crippen LogP contribution in [-0.4, -0.2) is 29.1 Å². The smallest absolute Gasteiger partial charge is 0.274 e. The molecule has 1 aromatic heterocycles. The Bertz CT molecular complexity index is 517. The van der Waals surface area contributed by atoms with Gasteiger partial charge in [-0.25, -0.2) is 4.98 Å². The van der Waals surface area contributed by atoms with Gasteiger partial charge in [0.15, 0.2) is 17.2 Å². The van der Waals surface area contributed by atoms with E-state index < -0.39 is 5.91 Å².